The first-order chi connectivity index (χ1) is 37.0. The number of alkyl halides is 3. The number of hydrogen-bond donors (Lipinski definition) is 5. The molecule has 0 amide bonds. The number of aliphatic hydroxyl groups excluding tert-OH is 1. The number of rotatable bonds is 21. The predicted octanol–water partition coefficient (Wildman–Crippen LogP) is 9.98. The number of carbonyl (C=O) groups is 1. The maximum atomic E-state index is 14.3. The Bertz CT molecular complexity index is 3340. The molecule has 0 spiro atoms. The number of hydrogen-bond acceptors (Lipinski definition) is 13. The van der Waals surface area contributed by atoms with Gasteiger partial charge in [0.2, 0.25) is 0 Å². The summed E-state index contributed by atoms with van der Waals surface area (Å²) in [5.41, 5.74) is -0.664. The molecule has 0 bridgehead atoms. The van der Waals surface area contributed by atoms with Gasteiger partial charge in [0.15, 0.2) is 0 Å². The SMILES string of the molecule is CCn1c(C)c(C(=O)OCCP(=O)(O)O)c(-c2cccc(N3CCN(c4ccc(NS(=O)(=O)c5ccc(N[C@H](CCN6CCC(O)CC6)CSc6ccccc6)c(S(=O)(=O)C(F)(F)F)c5)cc4)CC3)c2)c1-c1ccc(Cl)cc1. The van der Waals surface area contributed by atoms with Gasteiger partial charge in [0, 0.05) is 102 Å². The first-order valence-corrected chi connectivity index (χ1v) is 31.4. The van der Waals surface area contributed by atoms with Crippen LogP contribution in [-0.2, 0) is 35.7 Å². The van der Waals surface area contributed by atoms with Gasteiger partial charge in [-0.05, 0) is 123 Å². The lowest BCUT2D eigenvalue weighted by Gasteiger charge is -2.37. The van der Waals surface area contributed by atoms with Gasteiger partial charge in [-0.2, -0.15) is 13.2 Å². The Labute approximate surface area is 461 Å². The zero-order valence-corrected chi connectivity index (χ0v) is 46.9. The van der Waals surface area contributed by atoms with E-state index in [1.54, 1.807) is 31.2 Å². The van der Waals surface area contributed by atoms with Crippen LogP contribution in [-0.4, -0.2) is 129 Å². The Hall–Kier alpha value is -5.55. The van der Waals surface area contributed by atoms with Crippen LogP contribution in [0.5, 0.6) is 0 Å². The summed E-state index contributed by atoms with van der Waals surface area (Å²) in [6.45, 7) is 7.82. The number of anilines is 4. The van der Waals surface area contributed by atoms with Crippen molar-refractivity contribution in [2.75, 3.05) is 84.2 Å². The molecule has 2 aliphatic heterocycles. The maximum absolute atomic E-state index is 14.3. The Morgan fingerprint density at radius 1 is 0.833 bits per heavy atom. The highest BCUT2D eigenvalue weighted by Crippen LogP contribution is 2.43. The zero-order valence-electron chi connectivity index (χ0n) is 42.8. The molecule has 2 aliphatic rings. The molecule has 5 N–H and O–H groups in total. The summed E-state index contributed by atoms with van der Waals surface area (Å²) in [4.78, 5) is 38.1. The molecule has 2 saturated heterocycles. The zero-order chi connectivity index (χ0) is 56.0. The number of piperidine rings is 1. The summed E-state index contributed by atoms with van der Waals surface area (Å²) in [5.74, 6) is -0.364. The van der Waals surface area contributed by atoms with Crippen molar-refractivity contribution < 1.29 is 59.0 Å². The van der Waals surface area contributed by atoms with E-state index < -0.39 is 73.6 Å². The van der Waals surface area contributed by atoms with E-state index in [0.717, 1.165) is 39.7 Å². The van der Waals surface area contributed by atoms with Gasteiger partial charge < -0.3 is 44.2 Å². The number of benzene rings is 5. The number of nitrogens with zero attached hydrogens (tertiary/aromatic N) is 4. The van der Waals surface area contributed by atoms with Crippen molar-refractivity contribution in [3.8, 4) is 22.4 Å². The number of thioether (sulfide) groups is 1. The van der Waals surface area contributed by atoms with Gasteiger partial charge in [-0.15, -0.1) is 11.8 Å². The van der Waals surface area contributed by atoms with Gasteiger partial charge in [-0.25, -0.2) is 21.6 Å². The van der Waals surface area contributed by atoms with Gasteiger partial charge in [0.05, 0.1) is 34.1 Å². The number of sulfonamides is 1. The van der Waals surface area contributed by atoms with Crippen LogP contribution in [0.1, 0.15) is 42.2 Å². The number of ether oxygens (including phenoxy) is 1. The number of aliphatic hydroxyl groups is 1. The highest BCUT2D eigenvalue weighted by Gasteiger charge is 2.48. The van der Waals surface area contributed by atoms with Crippen molar-refractivity contribution in [2.45, 2.75) is 72.0 Å². The summed E-state index contributed by atoms with van der Waals surface area (Å²) in [5, 5.41) is 13.5. The first-order valence-electron chi connectivity index (χ1n) is 25.3. The minimum Gasteiger partial charge on any atom is -0.461 e. The number of likely N-dealkylation sites (tertiary alicyclic amines) is 1. The number of esters is 1. The maximum Gasteiger partial charge on any atom is 0.501 e. The van der Waals surface area contributed by atoms with Crippen LogP contribution in [0.25, 0.3) is 22.4 Å². The highest BCUT2D eigenvalue weighted by molar-refractivity contribution is 7.99. The second-order valence-electron chi connectivity index (χ2n) is 19.1. The van der Waals surface area contributed by atoms with Crippen molar-refractivity contribution in [1.29, 1.82) is 0 Å². The third-order valence-corrected chi connectivity index (χ3v) is 18.9. The summed E-state index contributed by atoms with van der Waals surface area (Å²) >= 11 is 7.71. The van der Waals surface area contributed by atoms with Crippen molar-refractivity contribution in [3.05, 3.63) is 138 Å². The van der Waals surface area contributed by atoms with Crippen LogP contribution in [0.15, 0.2) is 136 Å². The minimum absolute atomic E-state index is 0.0926. The van der Waals surface area contributed by atoms with E-state index in [4.69, 9.17) is 16.3 Å². The van der Waals surface area contributed by atoms with Gasteiger partial charge in [0.1, 0.15) is 11.5 Å². The van der Waals surface area contributed by atoms with E-state index in [-0.39, 0.29) is 16.9 Å². The molecule has 8 rings (SSSR count). The molecule has 78 heavy (non-hydrogen) atoms. The molecule has 0 saturated carbocycles. The largest absolute Gasteiger partial charge is 0.501 e. The van der Waals surface area contributed by atoms with E-state index in [1.165, 1.54) is 23.9 Å². The van der Waals surface area contributed by atoms with Crippen LogP contribution in [0.3, 0.4) is 0 Å². The molecule has 1 aromatic heterocycles. The molecule has 16 nitrogen and oxygen atoms in total. The summed E-state index contributed by atoms with van der Waals surface area (Å²) < 4.78 is 119. The van der Waals surface area contributed by atoms with Crippen LogP contribution < -0.4 is 19.8 Å². The Kier molecular flexibility index (Phi) is 18.7. The van der Waals surface area contributed by atoms with Crippen molar-refractivity contribution >= 4 is 79.5 Å². The third kappa shape index (κ3) is 14.2. The van der Waals surface area contributed by atoms with Crippen LogP contribution in [0.2, 0.25) is 5.02 Å². The predicted molar refractivity (Wildman–Crippen MR) is 300 cm³/mol. The Morgan fingerprint density at radius 3 is 2.12 bits per heavy atom. The Morgan fingerprint density at radius 2 is 1.49 bits per heavy atom. The molecule has 0 radical (unpaired) electrons. The number of carbonyl (C=O) groups excluding carboxylic acids is 1. The molecular weight excluding hydrogens is 1110 g/mol. The molecule has 418 valence electrons. The Balaban J connectivity index is 0.972. The molecule has 2 fully saturated rings. The summed E-state index contributed by atoms with van der Waals surface area (Å²) in [7, 11) is -15.1. The van der Waals surface area contributed by atoms with E-state index in [9.17, 15) is 54.3 Å². The summed E-state index contributed by atoms with van der Waals surface area (Å²) in [6, 6.07) is 32.9. The van der Waals surface area contributed by atoms with Crippen LogP contribution in [0.4, 0.5) is 35.9 Å². The fourth-order valence-electron chi connectivity index (χ4n) is 9.68. The minimum atomic E-state index is -6.05. The molecule has 24 heteroatoms. The number of nitrogens with one attached hydrogen (secondary N) is 2. The molecule has 3 heterocycles. The average molecular weight is 1170 g/mol. The van der Waals surface area contributed by atoms with E-state index in [0.29, 0.717) is 105 Å². The second-order valence-corrected chi connectivity index (χ2v) is 26.0. The monoisotopic (exact) mass is 1170 g/mol. The highest BCUT2D eigenvalue weighted by atomic mass is 35.5. The van der Waals surface area contributed by atoms with Gasteiger partial charge >= 0.3 is 19.1 Å². The topological polar surface area (TPSA) is 211 Å². The van der Waals surface area contributed by atoms with Crippen molar-refractivity contribution in [3.63, 3.8) is 0 Å². The lowest BCUT2D eigenvalue weighted by molar-refractivity contribution is -0.0436. The third-order valence-electron chi connectivity index (χ3n) is 13.8. The lowest BCUT2D eigenvalue weighted by Crippen LogP contribution is -2.46. The first kappa shape index (κ1) is 58.6. The quantitative estimate of drug-likeness (QED) is 0.0258. The van der Waals surface area contributed by atoms with E-state index in [1.807, 2.05) is 78.2 Å². The fourth-order valence-corrected chi connectivity index (χ4v) is 13.2. The van der Waals surface area contributed by atoms with Crippen molar-refractivity contribution in [2.24, 2.45) is 0 Å². The summed E-state index contributed by atoms with van der Waals surface area (Å²) in [6.07, 6.45) is 0.567. The van der Waals surface area contributed by atoms with Crippen LogP contribution >= 0.6 is 31.0 Å². The molecular formula is C54H61ClF3N6O10PS3. The van der Waals surface area contributed by atoms with Gasteiger partial charge in [-0.3, -0.25) is 9.29 Å². The normalized spacial score (nSPS) is 15.6. The molecule has 5 aromatic carbocycles. The van der Waals surface area contributed by atoms with Crippen molar-refractivity contribution in [1.82, 2.24) is 9.47 Å². The smallest absolute Gasteiger partial charge is 0.461 e. The van der Waals surface area contributed by atoms with E-state index in [2.05, 4.69) is 24.7 Å². The number of aromatic nitrogens is 1. The van der Waals surface area contributed by atoms with Gasteiger partial charge in [-0.1, -0.05) is 54.1 Å². The van der Waals surface area contributed by atoms with Crippen LogP contribution in [0, 0.1) is 6.92 Å². The molecule has 6 aromatic rings. The van der Waals surface area contributed by atoms with E-state index >= 15 is 0 Å². The fraction of sp³-hybridized carbons (Fsp3) is 0.352. The molecule has 1 atom stereocenters. The lowest BCUT2D eigenvalue weighted by atomic mass is 9.96. The number of piperazine rings is 1. The molecule has 0 unspecified atom stereocenters. The number of halogens is 4. The number of sulfone groups is 1. The second kappa shape index (κ2) is 24.9. The molecule has 0 aliphatic carbocycles. The standard InChI is InChI=1S/C54H61ClF3N6O10PS3/c1-3-64-37(2)50(53(66)74-32-33-75(67,68)69)51(52(64)38-12-14-40(55)15-13-38)39-8-7-9-44(34-39)63-30-28-62(29-31-63)43-18-16-41(17-19-43)60-78(72,73)47-20-21-48(49(35-47)77(70,71)54(56,57)58)59-42(36-76-46-10-5-4-6-11-46)22-25-61-26-23-45(65)24-27-61/h4-21,34-35,42,45,59-60,65H,3,22-33,36H2,1-2H3,(H2,67,68,69)/t42-/m1/s1. The van der Waals surface area contributed by atoms with Gasteiger partial charge in [0.25, 0.3) is 19.9 Å². The average Bonchev–Trinajstić information content (AvgIpc) is 3.84.